The number of aryl methyl sites for hydroxylation is 2. The number of rotatable bonds is 7. The highest BCUT2D eigenvalue weighted by Gasteiger charge is 2.13. The molecule has 7 nitrogen and oxygen atoms in total. The second kappa shape index (κ2) is 7.51. The van der Waals surface area contributed by atoms with E-state index in [1.807, 2.05) is 25.3 Å². The van der Waals surface area contributed by atoms with Crippen LogP contribution >= 0.6 is 23.1 Å². The Morgan fingerprint density at radius 3 is 2.62 bits per heavy atom. The Balaban J connectivity index is 1.90. The van der Waals surface area contributed by atoms with Gasteiger partial charge in [-0.3, -0.25) is 10.1 Å². The van der Waals surface area contributed by atoms with E-state index in [4.69, 9.17) is 0 Å². The van der Waals surface area contributed by atoms with E-state index in [2.05, 4.69) is 25.7 Å². The van der Waals surface area contributed by atoms with Crippen LogP contribution in [0.5, 0.6) is 0 Å². The van der Waals surface area contributed by atoms with Crippen LogP contribution in [0.2, 0.25) is 0 Å². The van der Waals surface area contributed by atoms with Crippen LogP contribution in [-0.2, 0) is 24.2 Å². The minimum absolute atomic E-state index is 0.109. The fourth-order valence-corrected chi connectivity index (χ4v) is 3.25. The van der Waals surface area contributed by atoms with Crippen LogP contribution in [0.4, 0.5) is 5.13 Å². The number of anilines is 1. The van der Waals surface area contributed by atoms with Gasteiger partial charge in [-0.05, 0) is 13.3 Å². The highest BCUT2D eigenvalue weighted by molar-refractivity contribution is 7.99. The molecule has 0 aliphatic rings. The van der Waals surface area contributed by atoms with Crippen molar-refractivity contribution in [2.45, 2.75) is 45.3 Å². The highest BCUT2D eigenvalue weighted by atomic mass is 32.2. The summed E-state index contributed by atoms with van der Waals surface area (Å²) in [7, 11) is 0. The summed E-state index contributed by atoms with van der Waals surface area (Å²) in [5.41, 5.74) is 0. The van der Waals surface area contributed by atoms with Crippen molar-refractivity contribution in [3.05, 3.63) is 10.8 Å². The summed E-state index contributed by atoms with van der Waals surface area (Å²) in [5.74, 6) is 1.11. The van der Waals surface area contributed by atoms with E-state index in [1.165, 1.54) is 23.1 Å². The van der Waals surface area contributed by atoms with Gasteiger partial charge in [0.05, 0.1) is 5.75 Å². The predicted molar refractivity (Wildman–Crippen MR) is 83.7 cm³/mol. The molecule has 114 valence electrons. The molecule has 2 rings (SSSR count). The van der Waals surface area contributed by atoms with Crippen LogP contribution in [0.1, 0.15) is 31.6 Å². The van der Waals surface area contributed by atoms with Crippen LogP contribution in [-0.4, -0.2) is 36.6 Å². The first-order valence-electron chi connectivity index (χ1n) is 6.85. The van der Waals surface area contributed by atoms with Gasteiger partial charge in [0.25, 0.3) is 0 Å². The average molecular weight is 326 g/mol. The lowest BCUT2D eigenvalue weighted by molar-refractivity contribution is -0.113. The quantitative estimate of drug-likeness (QED) is 0.783. The number of amides is 1. The second-order valence-corrected chi connectivity index (χ2v) is 6.19. The molecule has 21 heavy (non-hydrogen) atoms. The van der Waals surface area contributed by atoms with Crippen molar-refractivity contribution >= 4 is 34.1 Å². The van der Waals surface area contributed by atoms with Gasteiger partial charge in [-0.15, -0.1) is 20.4 Å². The minimum atomic E-state index is -0.109. The third-order valence-corrected chi connectivity index (χ3v) is 4.72. The molecule has 0 unspecified atom stereocenters. The van der Waals surface area contributed by atoms with E-state index < -0.39 is 0 Å². The molecule has 0 saturated heterocycles. The molecule has 2 heterocycles. The van der Waals surface area contributed by atoms with Crippen molar-refractivity contribution in [2.24, 2.45) is 0 Å². The van der Waals surface area contributed by atoms with Crippen molar-refractivity contribution in [1.82, 2.24) is 25.0 Å². The molecule has 0 aromatic carbocycles. The van der Waals surface area contributed by atoms with Gasteiger partial charge in [-0.2, -0.15) is 0 Å². The number of hydrogen-bond donors (Lipinski definition) is 1. The first-order valence-corrected chi connectivity index (χ1v) is 8.65. The molecule has 0 saturated carbocycles. The first kappa shape index (κ1) is 15.9. The zero-order chi connectivity index (χ0) is 15.2. The number of carbonyl (C=O) groups excluding carboxylic acids is 1. The zero-order valence-corrected chi connectivity index (χ0v) is 13.9. The Labute approximate surface area is 131 Å². The van der Waals surface area contributed by atoms with Gasteiger partial charge in [0.15, 0.2) is 5.16 Å². The molecule has 1 N–H and O–H groups in total. The molecule has 0 atom stereocenters. The molecule has 0 bridgehead atoms. The molecule has 0 spiro atoms. The van der Waals surface area contributed by atoms with Crippen molar-refractivity contribution in [1.29, 1.82) is 0 Å². The van der Waals surface area contributed by atoms with Gasteiger partial charge in [0, 0.05) is 13.0 Å². The summed E-state index contributed by atoms with van der Waals surface area (Å²) in [6, 6.07) is 0. The summed E-state index contributed by atoms with van der Waals surface area (Å²) in [5, 5.41) is 21.1. The smallest absolute Gasteiger partial charge is 0.236 e. The largest absolute Gasteiger partial charge is 0.306 e. The lowest BCUT2D eigenvalue weighted by Gasteiger charge is -2.05. The number of hydrogen-bond acceptors (Lipinski definition) is 7. The van der Waals surface area contributed by atoms with E-state index in [9.17, 15) is 4.79 Å². The number of thioether (sulfide) groups is 1. The Morgan fingerprint density at radius 2 is 2.00 bits per heavy atom. The topological polar surface area (TPSA) is 85.6 Å². The van der Waals surface area contributed by atoms with Crippen LogP contribution in [0.3, 0.4) is 0 Å². The fraction of sp³-hybridized carbons (Fsp3) is 0.583. The molecule has 0 aliphatic heterocycles. The van der Waals surface area contributed by atoms with Crippen molar-refractivity contribution in [3.63, 3.8) is 0 Å². The normalized spacial score (nSPS) is 10.8. The van der Waals surface area contributed by atoms with Gasteiger partial charge in [-0.1, -0.05) is 36.9 Å². The summed E-state index contributed by atoms with van der Waals surface area (Å²) in [6.45, 7) is 6.89. The SMILES string of the molecule is CCc1nnc(NC(=O)CSc2nnc(CC)n2CC)s1. The van der Waals surface area contributed by atoms with E-state index in [-0.39, 0.29) is 11.7 Å². The summed E-state index contributed by atoms with van der Waals surface area (Å²) in [6.07, 6.45) is 1.65. The zero-order valence-electron chi connectivity index (χ0n) is 12.3. The Bertz CT molecular complexity index is 609. The standard InChI is InChI=1S/C12H18N6OS2/c1-4-8-14-17-12(18(8)6-3)20-7-9(19)13-11-16-15-10(5-2)21-11/h4-7H2,1-3H3,(H,13,16,19). The van der Waals surface area contributed by atoms with Crippen molar-refractivity contribution in [2.75, 3.05) is 11.1 Å². The lowest BCUT2D eigenvalue weighted by Crippen LogP contribution is -2.14. The maximum Gasteiger partial charge on any atom is 0.236 e. The molecule has 2 aromatic heterocycles. The summed E-state index contributed by atoms with van der Waals surface area (Å²) >= 11 is 2.78. The molecule has 2 aromatic rings. The molecular weight excluding hydrogens is 308 g/mol. The molecule has 9 heteroatoms. The average Bonchev–Trinajstić information content (AvgIpc) is 3.10. The Kier molecular flexibility index (Phi) is 5.68. The van der Waals surface area contributed by atoms with Gasteiger partial charge < -0.3 is 4.57 Å². The maximum atomic E-state index is 11.9. The molecule has 0 radical (unpaired) electrons. The Morgan fingerprint density at radius 1 is 1.19 bits per heavy atom. The molecule has 0 aliphatic carbocycles. The van der Waals surface area contributed by atoms with Gasteiger partial charge in [0.2, 0.25) is 11.0 Å². The van der Waals surface area contributed by atoms with Gasteiger partial charge >= 0.3 is 0 Å². The highest BCUT2D eigenvalue weighted by Crippen LogP contribution is 2.19. The van der Waals surface area contributed by atoms with Crippen LogP contribution in [0, 0.1) is 0 Å². The van der Waals surface area contributed by atoms with Crippen LogP contribution < -0.4 is 5.32 Å². The summed E-state index contributed by atoms with van der Waals surface area (Å²) in [4.78, 5) is 11.9. The minimum Gasteiger partial charge on any atom is -0.306 e. The van der Waals surface area contributed by atoms with E-state index in [0.717, 1.165) is 35.4 Å². The van der Waals surface area contributed by atoms with Crippen LogP contribution in [0.15, 0.2) is 5.16 Å². The van der Waals surface area contributed by atoms with E-state index in [1.54, 1.807) is 0 Å². The van der Waals surface area contributed by atoms with Gasteiger partial charge in [0.1, 0.15) is 10.8 Å². The number of nitrogens with zero attached hydrogens (tertiary/aromatic N) is 5. The second-order valence-electron chi connectivity index (χ2n) is 4.19. The van der Waals surface area contributed by atoms with E-state index in [0.29, 0.717) is 5.13 Å². The van der Waals surface area contributed by atoms with Crippen molar-refractivity contribution < 1.29 is 4.79 Å². The van der Waals surface area contributed by atoms with Gasteiger partial charge in [-0.25, -0.2) is 0 Å². The molecule has 1 amide bonds. The molecule has 0 fully saturated rings. The summed E-state index contributed by atoms with van der Waals surface area (Å²) < 4.78 is 2.03. The Hall–Kier alpha value is -1.48. The number of aromatic nitrogens is 5. The molecular formula is C12H18N6OS2. The third-order valence-electron chi connectivity index (χ3n) is 2.77. The van der Waals surface area contributed by atoms with E-state index >= 15 is 0 Å². The third kappa shape index (κ3) is 4.01. The number of carbonyl (C=O) groups is 1. The fourth-order valence-electron chi connectivity index (χ4n) is 1.74. The monoisotopic (exact) mass is 326 g/mol. The number of nitrogens with one attached hydrogen (secondary N) is 1. The maximum absolute atomic E-state index is 11.9. The predicted octanol–water partition coefficient (Wildman–Crippen LogP) is 2.01. The van der Waals surface area contributed by atoms with Crippen molar-refractivity contribution in [3.8, 4) is 0 Å². The first-order chi connectivity index (χ1) is 10.2. The lowest BCUT2D eigenvalue weighted by atomic mass is 10.4. The van der Waals surface area contributed by atoms with Crippen LogP contribution in [0.25, 0.3) is 0 Å².